The minimum atomic E-state index is -0.348. The van der Waals surface area contributed by atoms with Crippen molar-refractivity contribution in [3.05, 3.63) is 42.0 Å². The molecule has 0 radical (unpaired) electrons. The van der Waals surface area contributed by atoms with Crippen LogP contribution in [0.5, 0.6) is 5.88 Å². The molecule has 106 valence electrons. The molecule has 3 aromatic rings. The first-order chi connectivity index (χ1) is 10.2. The Balaban J connectivity index is 1.88. The summed E-state index contributed by atoms with van der Waals surface area (Å²) >= 11 is 0. The van der Waals surface area contributed by atoms with Gasteiger partial charge in [0.05, 0.1) is 31.2 Å². The average Bonchev–Trinajstić information content (AvgIpc) is 2.96. The van der Waals surface area contributed by atoms with E-state index in [1.807, 2.05) is 19.1 Å². The van der Waals surface area contributed by atoms with Crippen LogP contribution in [0.3, 0.4) is 0 Å². The van der Waals surface area contributed by atoms with Crippen molar-refractivity contribution in [3.8, 4) is 5.88 Å². The number of rotatable bonds is 3. The van der Waals surface area contributed by atoms with Gasteiger partial charge in [-0.1, -0.05) is 0 Å². The zero-order valence-corrected chi connectivity index (χ0v) is 11.5. The molecule has 0 bridgehead atoms. The number of carbonyl (C=O) groups is 1. The van der Waals surface area contributed by atoms with Crippen molar-refractivity contribution in [3.63, 3.8) is 0 Å². The van der Waals surface area contributed by atoms with Crippen LogP contribution >= 0.6 is 0 Å². The lowest BCUT2D eigenvalue weighted by Crippen LogP contribution is -2.14. The molecular formula is C14H13N5O2. The van der Waals surface area contributed by atoms with Crippen LogP contribution in [0.1, 0.15) is 16.1 Å². The van der Waals surface area contributed by atoms with Crippen LogP contribution in [0.2, 0.25) is 0 Å². The Labute approximate surface area is 120 Å². The summed E-state index contributed by atoms with van der Waals surface area (Å²) < 4.78 is 4.95. The summed E-state index contributed by atoms with van der Waals surface area (Å²) in [5.41, 5.74) is 2.74. The fourth-order valence-corrected chi connectivity index (χ4v) is 2.05. The molecule has 2 aromatic heterocycles. The van der Waals surface area contributed by atoms with E-state index >= 15 is 0 Å². The number of methoxy groups -OCH3 is 1. The van der Waals surface area contributed by atoms with Crippen LogP contribution in [0.15, 0.2) is 30.7 Å². The molecule has 0 aliphatic carbocycles. The highest BCUT2D eigenvalue weighted by Crippen LogP contribution is 2.21. The van der Waals surface area contributed by atoms with Crippen molar-refractivity contribution in [1.82, 2.24) is 20.2 Å². The highest BCUT2D eigenvalue weighted by atomic mass is 16.5. The topological polar surface area (TPSA) is 92.8 Å². The first-order valence-corrected chi connectivity index (χ1v) is 6.28. The van der Waals surface area contributed by atoms with Gasteiger partial charge in [0.1, 0.15) is 0 Å². The molecule has 0 spiro atoms. The smallest absolute Gasteiger partial charge is 0.276 e. The van der Waals surface area contributed by atoms with Crippen molar-refractivity contribution in [2.24, 2.45) is 0 Å². The number of ether oxygens (including phenoxy) is 1. The monoisotopic (exact) mass is 283 g/mol. The van der Waals surface area contributed by atoms with E-state index in [-0.39, 0.29) is 11.6 Å². The van der Waals surface area contributed by atoms with E-state index in [0.29, 0.717) is 11.6 Å². The van der Waals surface area contributed by atoms with Crippen molar-refractivity contribution >= 4 is 22.5 Å². The number of nitrogens with one attached hydrogen (secondary N) is 2. The standard InChI is InChI=1S/C14H13N5O2/c1-8-3-9(4-11-10(8)5-16-19-11)17-14(20)12-6-15-7-13(18-12)21-2/h3-7H,1-2H3,(H,16,19)(H,17,20). The lowest BCUT2D eigenvalue weighted by Gasteiger charge is -2.07. The molecule has 21 heavy (non-hydrogen) atoms. The third-order valence-corrected chi connectivity index (χ3v) is 3.08. The van der Waals surface area contributed by atoms with Crippen LogP contribution in [-0.2, 0) is 0 Å². The predicted molar refractivity (Wildman–Crippen MR) is 77.4 cm³/mol. The second kappa shape index (κ2) is 5.20. The highest BCUT2D eigenvalue weighted by Gasteiger charge is 2.11. The fourth-order valence-electron chi connectivity index (χ4n) is 2.05. The van der Waals surface area contributed by atoms with Crippen LogP contribution in [-0.4, -0.2) is 33.2 Å². The minimum absolute atomic E-state index is 0.191. The summed E-state index contributed by atoms with van der Waals surface area (Å²) in [6.07, 6.45) is 4.58. The number of benzene rings is 1. The maximum absolute atomic E-state index is 12.2. The Kier molecular flexibility index (Phi) is 3.23. The molecule has 0 saturated carbocycles. The summed E-state index contributed by atoms with van der Waals surface area (Å²) in [5, 5.41) is 10.7. The summed E-state index contributed by atoms with van der Waals surface area (Å²) in [7, 11) is 1.47. The largest absolute Gasteiger partial charge is 0.480 e. The summed E-state index contributed by atoms with van der Waals surface area (Å²) in [6.45, 7) is 1.96. The van der Waals surface area contributed by atoms with Gasteiger partial charge in [-0.25, -0.2) is 4.98 Å². The molecule has 1 amide bonds. The Bertz CT molecular complexity index is 812. The molecule has 2 N–H and O–H groups in total. The average molecular weight is 283 g/mol. The lowest BCUT2D eigenvalue weighted by atomic mass is 10.1. The van der Waals surface area contributed by atoms with Gasteiger partial charge >= 0.3 is 0 Å². The van der Waals surface area contributed by atoms with Gasteiger partial charge in [0.15, 0.2) is 5.69 Å². The van der Waals surface area contributed by atoms with E-state index in [0.717, 1.165) is 16.5 Å². The SMILES string of the molecule is COc1cncc(C(=O)Nc2cc(C)c3cn[nH]c3c2)n1. The Morgan fingerprint density at radius 3 is 2.95 bits per heavy atom. The molecule has 7 heteroatoms. The molecule has 0 unspecified atom stereocenters. The molecule has 0 saturated heterocycles. The number of nitrogens with zero attached hydrogens (tertiary/aromatic N) is 3. The van der Waals surface area contributed by atoms with Gasteiger partial charge in [0.2, 0.25) is 5.88 Å². The number of hydrogen-bond acceptors (Lipinski definition) is 5. The van der Waals surface area contributed by atoms with E-state index in [1.54, 1.807) is 6.20 Å². The third kappa shape index (κ3) is 2.53. The summed E-state index contributed by atoms with van der Waals surface area (Å²) in [5.74, 6) is -0.0532. The maximum atomic E-state index is 12.2. The number of aromatic amines is 1. The quantitative estimate of drug-likeness (QED) is 0.766. The zero-order chi connectivity index (χ0) is 14.8. The molecule has 0 aliphatic rings. The van der Waals surface area contributed by atoms with E-state index in [9.17, 15) is 4.79 Å². The van der Waals surface area contributed by atoms with Gasteiger partial charge in [0.25, 0.3) is 5.91 Å². The third-order valence-electron chi connectivity index (χ3n) is 3.08. The molecule has 0 aliphatic heterocycles. The molecule has 1 aromatic carbocycles. The van der Waals surface area contributed by atoms with Crippen LogP contribution in [0.4, 0.5) is 5.69 Å². The number of H-pyrrole nitrogens is 1. The van der Waals surface area contributed by atoms with E-state index in [1.165, 1.54) is 19.5 Å². The Morgan fingerprint density at radius 2 is 2.14 bits per heavy atom. The molecule has 7 nitrogen and oxygen atoms in total. The van der Waals surface area contributed by atoms with Gasteiger partial charge in [-0.3, -0.25) is 14.9 Å². The highest BCUT2D eigenvalue weighted by molar-refractivity contribution is 6.03. The van der Waals surface area contributed by atoms with E-state index in [2.05, 4.69) is 25.5 Å². The lowest BCUT2D eigenvalue weighted by molar-refractivity contribution is 0.102. The normalized spacial score (nSPS) is 10.6. The molecule has 0 fully saturated rings. The van der Waals surface area contributed by atoms with Crippen LogP contribution in [0, 0.1) is 6.92 Å². The zero-order valence-electron chi connectivity index (χ0n) is 11.5. The molecule has 2 heterocycles. The maximum Gasteiger partial charge on any atom is 0.276 e. The Hall–Kier alpha value is -2.96. The first-order valence-electron chi connectivity index (χ1n) is 6.28. The predicted octanol–water partition coefficient (Wildman–Crippen LogP) is 1.92. The van der Waals surface area contributed by atoms with Gasteiger partial charge in [-0.05, 0) is 24.6 Å². The van der Waals surface area contributed by atoms with E-state index in [4.69, 9.17) is 4.74 Å². The van der Waals surface area contributed by atoms with Crippen LogP contribution in [0.25, 0.3) is 10.9 Å². The fraction of sp³-hybridized carbons (Fsp3) is 0.143. The second-order valence-electron chi connectivity index (χ2n) is 4.53. The second-order valence-corrected chi connectivity index (χ2v) is 4.53. The molecule has 3 rings (SSSR count). The van der Waals surface area contributed by atoms with Gasteiger partial charge < -0.3 is 10.1 Å². The number of carbonyl (C=O) groups excluding carboxylic acids is 1. The van der Waals surface area contributed by atoms with Gasteiger partial charge in [-0.2, -0.15) is 5.10 Å². The molecular weight excluding hydrogens is 270 g/mol. The van der Waals surface area contributed by atoms with Gasteiger partial charge in [-0.15, -0.1) is 0 Å². The van der Waals surface area contributed by atoms with Crippen molar-refractivity contribution in [1.29, 1.82) is 0 Å². The van der Waals surface area contributed by atoms with Crippen molar-refractivity contribution in [2.45, 2.75) is 6.92 Å². The first kappa shape index (κ1) is 13.0. The van der Waals surface area contributed by atoms with Crippen molar-refractivity contribution in [2.75, 3.05) is 12.4 Å². The minimum Gasteiger partial charge on any atom is -0.480 e. The number of aryl methyl sites for hydroxylation is 1. The molecule has 0 atom stereocenters. The summed E-state index contributed by atoms with van der Waals surface area (Å²) in [6, 6.07) is 3.70. The number of aromatic nitrogens is 4. The number of hydrogen-bond donors (Lipinski definition) is 2. The number of anilines is 1. The number of fused-ring (bicyclic) bond motifs is 1. The van der Waals surface area contributed by atoms with Crippen LogP contribution < -0.4 is 10.1 Å². The number of amides is 1. The Morgan fingerprint density at radius 1 is 1.29 bits per heavy atom. The van der Waals surface area contributed by atoms with E-state index < -0.39 is 0 Å². The van der Waals surface area contributed by atoms with Crippen molar-refractivity contribution < 1.29 is 9.53 Å². The van der Waals surface area contributed by atoms with Gasteiger partial charge in [0, 0.05) is 11.1 Å². The summed E-state index contributed by atoms with van der Waals surface area (Å²) in [4.78, 5) is 20.1.